The number of aliphatic hydroxyl groups is 1. The molecule has 0 atom stereocenters. The Balaban J connectivity index is 1.41. The molecule has 3 fully saturated rings. The average Bonchev–Trinajstić information content (AvgIpc) is 2.81. The summed E-state index contributed by atoms with van der Waals surface area (Å²) in [6.45, 7) is 6.34. The maximum absolute atomic E-state index is 9.72. The summed E-state index contributed by atoms with van der Waals surface area (Å²) in [5.74, 6) is 2.29. The van der Waals surface area contributed by atoms with Gasteiger partial charge in [-0.25, -0.2) is 4.98 Å². The Morgan fingerprint density at radius 2 is 1.82 bits per heavy atom. The molecule has 0 bridgehead atoms. The van der Waals surface area contributed by atoms with Crippen molar-refractivity contribution < 1.29 is 19.3 Å². The lowest BCUT2D eigenvalue weighted by Crippen LogP contribution is -2.66. The number of aliphatic hydroxyl groups excluding tert-OH is 1. The summed E-state index contributed by atoms with van der Waals surface area (Å²) in [6.07, 6.45) is 0. The fraction of sp³-hybridized carbons (Fsp3) is 0.458. The molecule has 3 aromatic rings. The summed E-state index contributed by atoms with van der Waals surface area (Å²) in [4.78, 5) is 19.3. The summed E-state index contributed by atoms with van der Waals surface area (Å²) in [5.41, 5.74) is 3.37. The van der Waals surface area contributed by atoms with E-state index in [0.717, 1.165) is 73.4 Å². The number of fused-ring (bicyclic) bond motifs is 1. The molecule has 33 heavy (non-hydrogen) atoms. The lowest BCUT2D eigenvalue weighted by atomic mass is 9.78. The van der Waals surface area contributed by atoms with E-state index >= 15 is 0 Å². The number of rotatable bonds is 5. The number of aromatic nitrogens is 3. The minimum Gasteiger partial charge on any atom is -0.496 e. The normalized spacial score (nSPS) is 19.5. The predicted octanol–water partition coefficient (Wildman–Crippen LogP) is 1.87. The van der Waals surface area contributed by atoms with Crippen molar-refractivity contribution in [3.63, 3.8) is 0 Å². The van der Waals surface area contributed by atoms with Crippen LogP contribution in [0.5, 0.6) is 5.75 Å². The van der Waals surface area contributed by atoms with Gasteiger partial charge in [-0.15, -0.1) is 0 Å². The Kier molecular flexibility index (Phi) is 5.05. The molecular formula is C24H27N5O4. The second kappa shape index (κ2) is 8.09. The summed E-state index contributed by atoms with van der Waals surface area (Å²) >= 11 is 0. The lowest BCUT2D eigenvalue weighted by Gasteiger charge is -2.54. The van der Waals surface area contributed by atoms with E-state index in [0.29, 0.717) is 24.6 Å². The quantitative estimate of drug-likeness (QED) is 0.626. The van der Waals surface area contributed by atoms with Crippen LogP contribution in [-0.4, -0.2) is 79.8 Å². The smallest absolute Gasteiger partial charge is 0.229 e. The molecule has 0 amide bonds. The van der Waals surface area contributed by atoms with Gasteiger partial charge in [-0.2, -0.15) is 9.97 Å². The number of benzene rings is 1. The van der Waals surface area contributed by atoms with Crippen LogP contribution in [0.3, 0.4) is 0 Å². The topological polar surface area (TPSA) is 93.1 Å². The maximum Gasteiger partial charge on any atom is 0.229 e. The summed E-state index contributed by atoms with van der Waals surface area (Å²) in [5, 5.41) is 10.7. The first-order valence-corrected chi connectivity index (χ1v) is 11.3. The van der Waals surface area contributed by atoms with Crippen LogP contribution in [-0.2, 0) is 16.1 Å². The standard InChI is InChI=1S/C24H27N5O4/c1-31-20-5-2-16(10-17(20)11-30)19-4-3-18-21(25-19)26-23(29-12-24(13-29)14-33-15-24)27-22(18)28-6-8-32-9-7-28/h2-5,10,30H,6-9,11-15H2,1H3. The highest BCUT2D eigenvalue weighted by Gasteiger charge is 2.50. The fourth-order valence-electron chi connectivity index (χ4n) is 4.84. The van der Waals surface area contributed by atoms with Crippen LogP contribution in [0.15, 0.2) is 30.3 Å². The molecular weight excluding hydrogens is 422 g/mol. The average molecular weight is 450 g/mol. The Morgan fingerprint density at radius 1 is 1.00 bits per heavy atom. The third kappa shape index (κ3) is 3.56. The molecule has 1 spiro atoms. The molecule has 6 rings (SSSR count). The van der Waals surface area contributed by atoms with Gasteiger partial charge in [-0.1, -0.05) is 0 Å². The Bertz CT molecular complexity index is 1180. The largest absolute Gasteiger partial charge is 0.496 e. The third-order valence-corrected chi connectivity index (χ3v) is 6.74. The van der Waals surface area contributed by atoms with Crippen molar-refractivity contribution >= 4 is 22.8 Å². The minimum atomic E-state index is -0.0987. The van der Waals surface area contributed by atoms with E-state index < -0.39 is 0 Å². The Labute approximate surface area is 191 Å². The van der Waals surface area contributed by atoms with E-state index in [-0.39, 0.29) is 12.0 Å². The highest BCUT2D eigenvalue weighted by atomic mass is 16.5. The zero-order chi connectivity index (χ0) is 22.4. The highest BCUT2D eigenvalue weighted by Crippen LogP contribution is 2.40. The van der Waals surface area contributed by atoms with Crippen molar-refractivity contribution in [3.05, 3.63) is 35.9 Å². The lowest BCUT2D eigenvalue weighted by molar-refractivity contribution is -0.127. The minimum absolute atomic E-state index is 0.0987. The van der Waals surface area contributed by atoms with Crippen molar-refractivity contribution in [1.82, 2.24) is 15.0 Å². The monoisotopic (exact) mass is 449 g/mol. The van der Waals surface area contributed by atoms with E-state index in [2.05, 4.69) is 9.80 Å². The Hall–Kier alpha value is -3.01. The molecule has 1 N–H and O–H groups in total. The van der Waals surface area contributed by atoms with E-state index in [1.165, 1.54) is 0 Å². The van der Waals surface area contributed by atoms with E-state index in [1.807, 2.05) is 30.3 Å². The molecule has 1 aromatic carbocycles. The van der Waals surface area contributed by atoms with Gasteiger partial charge in [0.05, 0.1) is 56.6 Å². The van der Waals surface area contributed by atoms with Gasteiger partial charge in [-0.3, -0.25) is 0 Å². The van der Waals surface area contributed by atoms with Crippen molar-refractivity contribution in [2.45, 2.75) is 6.61 Å². The van der Waals surface area contributed by atoms with Crippen LogP contribution >= 0.6 is 0 Å². The maximum atomic E-state index is 9.72. The van der Waals surface area contributed by atoms with Gasteiger partial charge in [0, 0.05) is 37.3 Å². The van der Waals surface area contributed by atoms with Gasteiger partial charge < -0.3 is 29.1 Å². The van der Waals surface area contributed by atoms with Crippen molar-refractivity contribution in [3.8, 4) is 17.0 Å². The van der Waals surface area contributed by atoms with Crippen molar-refractivity contribution in [2.75, 3.05) is 69.5 Å². The fourth-order valence-corrected chi connectivity index (χ4v) is 4.84. The second-order valence-corrected chi connectivity index (χ2v) is 9.05. The zero-order valence-electron chi connectivity index (χ0n) is 18.7. The number of morpholine rings is 1. The summed E-state index contributed by atoms with van der Waals surface area (Å²) < 4.78 is 16.3. The van der Waals surface area contributed by atoms with Crippen molar-refractivity contribution in [1.29, 1.82) is 0 Å². The van der Waals surface area contributed by atoms with Crippen LogP contribution in [0.1, 0.15) is 5.56 Å². The van der Waals surface area contributed by atoms with E-state index in [9.17, 15) is 5.11 Å². The van der Waals surface area contributed by atoms with Gasteiger partial charge in [0.2, 0.25) is 5.95 Å². The van der Waals surface area contributed by atoms with Crippen molar-refractivity contribution in [2.24, 2.45) is 5.41 Å². The number of pyridine rings is 1. The van der Waals surface area contributed by atoms with Gasteiger partial charge in [0.15, 0.2) is 5.65 Å². The van der Waals surface area contributed by atoms with Crippen LogP contribution in [0.25, 0.3) is 22.3 Å². The second-order valence-electron chi connectivity index (χ2n) is 9.05. The first-order chi connectivity index (χ1) is 16.2. The zero-order valence-corrected chi connectivity index (χ0v) is 18.7. The van der Waals surface area contributed by atoms with Gasteiger partial charge in [-0.05, 0) is 30.3 Å². The first-order valence-electron chi connectivity index (χ1n) is 11.3. The summed E-state index contributed by atoms with van der Waals surface area (Å²) in [6, 6.07) is 9.76. The number of hydrogen-bond donors (Lipinski definition) is 1. The summed E-state index contributed by atoms with van der Waals surface area (Å²) in [7, 11) is 1.60. The molecule has 0 radical (unpaired) electrons. The van der Waals surface area contributed by atoms with Crippen LogP contribution in [0.4, 0.5) is 11.8 Å². The van der Waals surface area contributed by atoms with E-state index in [1.54, 1.807) is 7.11 Å². The number of nitrogens with zero attached hydrogens (tertiary/aromatic N) is 5. The number of methoxy groups -OCH3 is 1. The molecule has 0 aliphatic carbocycles. The molecule has 3 aliphatic rings. The van der Waals surface area contributed by atoms with E-state index in [4.69, 9.17) is 29.2 Å². The molecule has 9 heteroatoms. The molecule has 0 unspecified atom stereocenters. The highest BCUT2D eigenvalue weighted by molar-refractivity contribution is 5.90. The molecule has 9 nitrogen and oxygen atoms in total. The molecule has 2 aromatic heterocycles. The van der Waals surface area contributed by atoms with Gasteiger partial charge in [0.25, 0.3) is 0 Å². The Morgan fingerprint density at radius 3 is 2.52 bits per heavy atom. The number of ether oxygens (including phenoxy) is 3. The van der Waals surface area contributed by atoms with Crippen LogP contribution in [0.2, 0.25) is 0 Å². The molecule has 0 saturated carbocycles. The first kappa shape index (κ1) is 20.6. The van der Waals surface area contributed by atoms with Gasteiger partial charge >= 0.3 is 0 Å². The third-order valence-electron chi connectivity index (χ3n) is 6.74. The molecule has 172 valence electrons. The molecule has 3 aliphatic heterocycles. The molecule has 3 saturated heterocycles. The number of hydrogen-bond acceptors (Lipinski definition) is 9. The predicted molar refractivity (Wildman–Crippen MR) is 124 cm³/mol. The number of anilines is 2. The molecule has 5 heterocycles. The van der Waals surface area contributed by atoms with Crippen LogP contribution in [0, 0.1) is 5.41 Å². The SMILES string of the molecule is COc1ccc(-c2ccc3c(N4CCOCC4)nc(N4CC5(COC5)C4)nc3n2)cc1CO. The van der Waals surface area contributed by atoms with Crippen LogP contribution < -0.4 is 14.5 Å². The van der Waals surface area contributed by atoms with Gasteiger partial charge in [0.1, 0.15) is 11.6 Å².